The number of aliphatic hydroxyl groups is 1. The maximum absolute atomic E-state index is 10.8. The summed E-state index contributed by atoms with van der Waals surface area (Å²) in [6, 6.07) is 0. The molecule has 0 aliphatic carbocycles. The van der Waals surface area contributed by atoms with Crippen molar-refractivity contribution in [1.29, 1.82) is 0 Å². The Labute approximate surface area is 84.0 Å². The van der Waals surface area contributed by atoms with Crippen LogP contribution in [-0.4, -0.2) is 30.9 Å². The molecule has 0 unspecified atom stereocenters. The first-order valence-electron chi connectivity index (χ1n) is 3.26. The summed E-state index contributed by atoms with van der Waals surface area (Å²) >= 11 is 2.35. The Morgan fingerprint density at radius 3 is 2.85 bits per heavy atom. The molecule has 0 aliphatic heterocycles. The molecule has 13 heavy (non-hydrogen) atoms. The number of hydrogen-bond donors (Lipinski definition) is 2. The normalized spacial score (nSPS) is 11.8. The second-order valence-corrected chi connectivity index (χ2v) is 6.22. The van der Waals surface area contributed by atoms with Gasteiger partial charge in [-0.15, -0.1) is 11.8 Å². The lowest BCUT2D eigenvalue weighted by molar-refractivity contribution is 0.322. The van der Waals surface area contributed by atoms with Gasteiger partial charge < -0.3 is 5.11 Å². The zero-order valence-corrected chi connectivity index (χ0v) is 8.95. The van der Waals surface area contributed by atoms with Gasteiger partial charge in [0.05, 0.1) is 17.0 Å². The lowest BCUT2D eigenvalue weighted by Gasteiger charge is -1.90. The van der Waals surface area contributed by atoms with E-state index in [2.05, 4.69) is 4.98 Å². The molecule has 0 aromatic carbocycles. The average molecular weight is 240 g/mol. The number of aliphatic hydroxyl groups excluding tert-OH is 1. The van der Waals surface area contributed by atoms with Crippen molar-refractivity contribution in [2.45, 2.75) is 8.55 Å². The minimum Gasteiger partial charge on any atom is -0.396 e. The van der Waals surface area contributed by atoms with Gasteiger partial charge in [0.25, 0.3) is 10.0 Å². The number of nitrogens with two attached hydrogens (primary N) is 1. The van der Waals surface area contributed by atoms with Gasteiger partial charge in [0.2, 0.25) is 4.34 Å². The Hall–Kier alpha value is -0.150. The van der Waals surface area contributed by atoms with Crippen molar-refractivity contribution in [2.75, 3.05) is 12.4 Å². The largest absolute Gasteiger partial charge is 0.396 e. The molecule has 5 nitrogen and oxygen atoms in total. The molecule has 0 aliphatic rings. The molecule has 0 saturated carbocycles. The van der Waals surface area contributed by atoms with E-state index >= 15 is 0 Å². The summed E-state index contributed by atoms with van der Waals surface area (Å²) in [5, 5.41) is 13.4. The zero-order valence-electron chi connectivity index (χ0n) is 6.50. The second kappa shape index (κ2) is 4.38. The SMILES string of the molecule is NS(=O)(=O)c1ncc(SCCO)s1. The number of thiazole rings is 1. The van der Waals surface area contributed by atoms with Gasteiger partial charge in [-0.25, -0.2) is 18.5 Å². The van der Waals surface area contributed by atoms with Crippen molar-refractivity contribution in [3.8, 4) is 0 Å². The van der Waals surface area contributed by atoms with Crippen LogP contribution in [0.2, 0.25) is 0 Å². The van der Waals surface area contributed by atoms with Crippen molar-refractivity contribution in [3.63, 3.8) is 0 Å². The molecule has 0 amide bonds. The third kappa shape index (κ3) is 3.24. The fourth-order valence-electron chi connectivity index (χ4n) is 0.589. The van der Waals surface area contributed by atoms with E-state index in [4.69, 9.17) is 10.2 Å². The third-order valence-corrected chi connectivity index (χ3v) is 4.55. The first-order chi connectivity index (χ1) is 6.04. The lowest BCUT2D eigenvalue weighted by Crippen LogP contribution is -2.11. The molecule has 1 aromatic rings. The molecule has 3 N–H and O–H groups in total. The zero-order chi connectivity index (χ0) is 9.90. The van der Waals surface area contributed by atoms with Gasteiger partial charge >= 0.3 is 0 Å². The number of rotatable bonds is 4. The van der Waals surface area contributed by atoms with E-state index in [0.29, 0.717) is 5.75 Å². The Kier molecular flexibility index (Phi) is 3.68. The van der Waals surface area contributed by atoms with Crippen molar-refractivity contribution in [2.24, 2.45) is 5.14 Å². The summed E-state index contributed by atoms with van der Waals surface area (Å²) in [5.74, 6) is 0.520. The number of primary sulfonamides is 1. The van der Waals surface area contributed by atoms with Gasteiger partial charge in [0.1, 0.15) is 0 Å². The first kappa shape index (κ1) is 10.9. The van der Waals surface area contributed by atoms with Crippen LogP contribution in [0.4, 0.5) is 0 Å². The molecule has 1 aromatic heterocycles. The molecule has 0 atom stereocenters. The molecule has 0 bridgehead atoms. The Morgan fingerprint density at radius 1 is 1.69 bits per heavy atom. The van der Waals surface area contributed by atoms with Gasteiger partial charge in [-0.1, -0.05) is 11.3 Å². The quantitative estimate of drug-likeness (QED) is 0.715. The second-order valence-electron chi connectivity index (χ2n) is 2.06. The Balaban J connectivity index is 2.76. The topological polar surface area (TPSA) is 93.3 Å². The van der Waals surface area contributed by atoms with E-state index in [1.807, 2.05) is 0 Å². The van der Waals surface area contributed by atoms with E-state index in [0.717, 1.165) is 15.5 Å². The third-order valence-electron chi connectivity index (χ3n) is 1.04. The van der Waals surface area contributed by atoms with Crippen LogP contribution in [0.1, 0.15) is 0 Å². The van der Waals surface area contributed by atoms with Crippen molar-refractivity contribution < 1.29 is 13.5 Å². The maximum Gasteiger partial charge on any atom is 0.265 e. The van der Waals surface area contributed by atoms with Crippen LogP contribution < -0.4 is 5.14 Å². The van der Waals surface area contributed by atoms with Crippen molar-refractivity contribution in [1.82, 2.24) is 4.98 Å². The lowest BCUT2D eigenvalue weighted by atomic mass is 10.9. The summed E-state index contributed by atoms with van der Waals surface area (Å²) in [5.41, 5.74) is 0. The van der Waals surface area contributed by atoms with E-state index in [1.54, 1.807) is 0 Å². The molecule has 0 radical (unpaired) electrons. The number of sulfonamides is 1. The number of aromatic nitrogens is 1. The summed E-state index contributed by atoms with van der Waals surface area (Å²) in [6.45, 7) is 0.0489. The summed E-state index contributed by atoms with van der Waals surface area (Å²) in [4.78, 5) is 3.64. The molecule has 1 rings (SSSR count). The van der Waals surface area contributed by atoms with Crippen LogP contribution in [0.25, 0.3) is 0 Å². The fourth-order valence-corrected chi connectivity index (χ4v) is 3.21. The molecule has 8 heteroatoms. The first-order valence-corrected chi connectivity index (χ1v) is 6.61. The van der Waals surface area contributed by atoms with Gasteiger partial charge in [0, 0.05) is 5.75 Å². The minimum absolute atomic E-state index is 0.0489. The van der Waals surface area contributed by atoms with Crippen LogP contribution in [0, 0.1) is 0 Å². The average Bonchev–Trinajstić information content (AvgIpc) is 2.47. The molecule has 1 heterocycles. The van der Waals surface area contributed by atoms with Gasteiger partial charge in [0.15, 0.2) is 0 Å². The van der Waals surface area contributed by atoms with Gasteiger partial charge in [-0.3, -0.25) is 0 Å². The maximum atomic E-state index is 10.8. The van der Waals surface area contributed by atoms with Crippen LogP contribution in [0.3, 0.4) is 0 Å². The Morgan fingerprint density at radius 2 is 2.38 bits per heavy atom. The van der Waals surface area contributed by atoms with Crippen LogP contribution >= 0.6 is 23.1 Å². The van der Waals surface area contributed by atoms with E-state index in [9.17, 15) is 8.42 Å². The highest BCUT2D eigenvalue weighted by Gasteiger charge is 2.12. The standard InChI is InChI=1S/C5H8N2O3S3/c6-13(9,10)5-7-3-4(12-5)11-2-1-8/h3,8H,1-2H2,(H2,6,9,10). The van der Waals surface area contributed by atoms with Crippen LogP contribution in [-0.2, 0) is 10.0 Å². The van der Waals surface area contributed by atoms with Crippen molar-refractivity contribution in [3.05, 3.63) is 6.20 Å². The van der Waals surface area contributed by atoms with E-state index < -0.39 is 10.0 Å². The highest BCUT2D eigenvalue weighted by Crippen LogP contribution is 2.26. The van der Waals surface area contributed by atoms with Gasteiger partial charge in [-0.05, 0) is 0 Å². The Bertz CT molecular complexity index is 372. The molecule has 74 valence electrons. The smallest absolute Gasteiger partial charge is 0.265 e. The van der Waals surface area contributed by atoms with Crippen LogP contribution in [0.5, 0.6) is 0 Å². The predicted molar refractivity (Wildman–Crippen MR) is 51.3 cm³/mol. The van der Waals surface area contributed by atoms with E-state index in [-0.39, 0.29) is 10.9 Å². The van der Waals surface area contributed by atoms with Crippen LogP contribution in [0.15, 0.2) is 14.7 Å². The molecular weight excluding hydrogens is 232 g/mol. The monoisotopic (exact) mass is 240 g/mol. The molecule has 0 fully saturated rings. The summed E-state index contributed by atoms with van der Waals surface area (Å²) in [7, 11) is -3.68. The number of nitrogens with zero attached hydrogens (tertiary/aromatic N) is 1. The highest BCUT2D eigenvalue weighted by molar-refractivity contribution is 8.01. The fraction of sp³-hybridized carbons (Fsp3) is 0.400. The van der Waals surface area contributed by atoms with Crippen molar-refractivity contribution >= 4 is 33.1 Å². The van der Waals surface area contributed by atoms with Gasteiger partial charge in [-0.2, -0.15) is 0 Å². The summed E-state index contributed by atoms with van der Waals surface area (Å²) in [6.07, 6.45) is 1.44. The summed E-state index contributed by atoms with van der Waals surface area (Å²) < 4.78 is 22.2. The number of hydrogen-bond acceptors (Lipinski definition) is 6. The highest BCUT2D eigenvalue weighted by atomic mass is 32.3. The molecule has 0 spiro atoms. The minimum atomic E-state index is -3.68. The number of thioether (sulfide) groups is 1. The molecular formula is C5H8N2O3S3. The predicted octanol–water partition coefficient (Wildman–Crippen LogP) is -0.125. The molecule has 0 saturated heterocycles. The van der Waals surface area contributed by atoms with E-state index in [1.165, 1.54) is 18.0 Å².